The van der Waals surface area contributed by atoms with Crippen molar-refractivity contribution in [1.82, 2.24) is 4.98 Å². The first-order chi connectivity index (χ1) is 13.2. The van der Waals surface area contributed by atoms with Crippen LogP contribution in [-0.2, 0) is 0 Å². The van der Waals surface area contributed by atoms with Crippen LogP contribution in [-0.4, -0.2) is 12.1 Å². The number of rotatable bonds is 3. The van der Waals surface area contributed by atoms with Gasteiger partial charge in [-0.05, 0) is 41.5 Å². The number of nitriles is 1. The molecule has 0 aliphatic rings. The van der Waals surface area contributed by atoms with Gasteiger partial charge in [-0.1, -0.05) is 48.0 Å². The van der Waals surface area contributed by atoms with Crippen LogP contribution >= 0.6 is 11.6 Å². The summed E-state index contributed by atoms with van der Waals surface area (Å²) < 4.78 is 5.75. The molecular formula is C23H15ClN2O. The zero-order valence-electron chi connectivity index (χ0n) is 14.6. The Morgan fingerprint density at radius 2 is 1.56 bits per heavy atom. The molecule has 3 aromatic carbocycles. The molecule has 0 unspecified atom stereocenters. The molecule has 4 rings (SSSR count). The second kappa shape index (κ2) is 7.11. The van der Waals surface area contributed by atoms with Crippen molar-refractivity contribution in [1.29, 1.82) is 5.26 Å². The van der Waals surface area contributed by atoms with Crippen LogP contribution in [0.5, 0.6) is 5.75 Å². The summed E-state index contributed by atoms with van der Waals surface area (Å²) in [7, 11) is 1.67. The third-order valence-corrected chi connectivity index (χ3v) is 4.78. The van der Waals surface area contributed by atoms with Crippen molar-refractivity contribution < 1.29 is 4.74 Å². The lowest BCUT2D eigenvalue weighted by Crippen LogP contribution is -1.94. The second-order valence-corrected chi connectivity index (χ2v) is 6.54. The first-order valence-corrected chi connectivity index (χ1v) is 8.81. The van der Waals surface area contributed by atoms with Gasteiger partial charge in [0.2, 0.25) is 0 Å². The average molecular weight is 371 g/mol. The van der Waals surface area contributed by atoms with E-state index in [1.54, 1.807) is 7.11 Å². The highest BCUT2D eigenvalue weighted by Gasteiger charge is 2.14. The zero-order valence-corrected chi connectivity index (χ0v) is 15.4. The number of hydrogen-bond acceptors (Lipinski definition) is 3. The van der Waals surface area contributed by atoms with Gasteiger partial charge in [0, 0.05) is 27.7 Å². The van der Waals surface area contributed by atoms with E-state index >= 15 is 0 Å². The first-order valence-electron chi connectivity index (χ1n) is 8.43. The lowest BCUT2D eigenvalue weighted by molar-refractivity contribution is 0.421. The third kappa shape index (κ3) is 3.12. The van der Waals surface area contributed by atoms with Crippen LogP contribution in [0.3, 0.4) is 0 Å². The van der Waals surface area contributed by atoms with E-state index in [2.05, 4.69) is 6.07 Å². The Hall–Kier alpha value is -3.35. The van der Waals surface area contributed by atoms with Gasteiger partial charge >= 0.3 is 0 Å². The second-order valence-electron chi connectivity index (χ2n) is 6.10. The Bertz CT molecular complexity index is 1160. The average Bonchev–Trinajstić information content (AvgIpc) is 2.73. The number of ether oxygens (including phenoxy) is 1. The molecule has 27 heavy (non-hydrogen) atoms. The molecule has 0 bridgehead atoms. The fourth-order valence-corrected chi connectivity index (χ4v) is 3.34. The van der Waals surface area contributed by atoms with Crippen LogP contribution in [0.1, 0.15) is 5.56 Å². The van der Waals surface area contributed by atoms with Gasteiger partial charge in [-0.2, -0.15) is 5.26 Å². The molecule has 1 heterocycles. The van der Waals surface area contributed by atoms with Gasteiger partial charge < -0.3 is 4.74 Å². The minimum absolute atomic E-state index is 0.634. The van der Waals surface area contributed by atoms with Crippen LogP contribution < -0.4 is 4.74 Å². The summed E-state index contributed by atoms with van der Waals surface area (Å²) in [5, 5.41) is 10.6. The van der Waals surface area contributed by atoms with Gasteiger partial charge in [-0.25, -0.2) is 0 Å². The normalized spacial score (nSPS) is 10.6. The molecule has 0 saturated carbocycles. The molecule has 0 atom stereocenters. The molecule has 4 aromatic rings. The summed E-state index contributed by atoms with van der Waals surface area (Å²) in [4.78, 5) is 4.73. The van der Waals surface area contributed by atoms with Gasteiger partial charge in [0.25, 0.3) is 0 Å². The fraction of sp³-hybridized carbons (Fsp3) is 0.0435. The summed E-state index contributed by atoms with van der Waals surface area (Å²) in [5.74, 6) is 0.776. The molecule has 1 aromatic heterocycles. The molecule has 3 nitrogen and oxygen atoms in total. The first kappa shape index (κ1) is 17.1. The number of halogens is 1. The van der Waals surface area contributed by atoms with E-state index < -0.39 is 0 Å². The quantitative estimate of drug-likeness (QED) is 0.437. The maximum absolute atomic E-state index is 9.01. The van der Waals surface area contributed by atoms with E-state index in [4.69, 9.17) is 26.6 Å². The van der Waals surface area contributed by atoms with E-state index in [9.17, 15) is 0 Å². The maximum atomic E-state index is 9.01. The predicted molar refractivity (Wildman–Crippen MR) is 109 cm³/mol. The smallest absolute Gasteiger partial charge is 0.137 e. The molecule has 0 saturated heterocycles. The van der Waals surface area contributed by atoms with Gasteiger partial charge in [-0.3, -0.25) is 4.98 Å². The highest BCUT2D eigenvalue weighted by atomic mass is 35.5. The van der Waals surface area contributed by atoms with Crippen molar-refractivity contribution >= 4 is 22.5 Å². The summed E-state index contributed by atoms with van der Waals surface area (Å²) >= 11 is 6.01. The molecule has 130 valence electrons. The van der Waals surface area contributed by atoms with Crippen molar-refractivity contribution in [3.05, 3.63) is 83.5 Å². The van der Waals surface area contributed by atoms with Gasteiger partial charge in [-0.15, -0.1) is 0 Å². The van der Waals surface area contributed by atoms with Crippen molar-refractivity contribution in [3.8, 4) is 34.1 Å². The number of benzene rings is 3. The highest BCUT2D eigenvalue weighted by molar-refractivity contribution is 6.30. The zero-order chi connectivity index (χ0) is 18.8. The number of aromatic nitrogens is 1. The largest absolute Gasteiger partial charge is 0.495 e. The number of nitrogens with zero attached hydrogens (tertiary/aromatic N) is 2. The van der Waals surface area contributed by atoms with Crippen LogP contribution in [0.2, 0.25) is 5.02 Å². The highest BCUT2D eigenvalue weighted by Crippen LogP contribution is 2.39. The van der Waals surface area contributed by atoms with Crippen LogP contribution in [0.25, 0.3) is 33.2 Å². The fourth-order valence-electron chi connectivity index (χ4n) is 3.21. The summed E-state index contributed by atoms with van der Waals surface area (Å²) in [6.07, 6.45) is 1.83. The Kier molecular flexibility index (Phi) is 4.50. The van der Waals surface area contributed by atoms with Gasteiger partial charge in [0.15, 0.2) is 0 Å². The lowest BCUT2D eigenvalue weighted by Gasteiger charge is -2.14. The molecule has 4 heteroatoms. The van der Waals surface area contributed by atoms with E-state index in [1.807, 2.05) is 72.9 Å². The van der Waals surface area contributed by atoms with E-state index in [1.165, 1.54) is 0 Å². The number of para-hydroxylation sites is 1. The molecule has 0 spiro atoms. The molecule has 0 N–H and O–H groups in total. The van der Waals surface area contributed by atoms with Crippen LogP contribution in [0, 0.1) is 11.3 Å². The molecule has 0 amide bonds. The topological polar surface area (TPSA) is 45.9 Å². The summed E-state index contributed by atoms with van der Waals surface area (Å²) in [5.41, 5.74) is 5.41. The monoisotopic (exact) mass is 370 g/mol. The number of pyridine rings is 1. The third-order valence-electron chi connectivity index (χ3n) is 4.53. The number of fused-ring (bicyclic) bond motifs is 1. The van der Waals surface area contributed by atoms with Gasteiger partial charge in [0.1, 0.15) is 5.75 Å². The minimum atomic E-state index is 0.634. The Balaban J connectivity index is 1.92. The lowest BCUT2D eigenvalue weighted by atomic mass is 9.98. The van der Waals surface area contributed by atoms with Crippen molar-refractivity contribution in [3.63, 3.8) is 0 Å². The maximum Gasteiger partial charge on any atom is 0.137 e. The van der Waals surface area contributed by atoms with Crippen molar-refractivity contribution in [2.45, 2.75) is 0 Å². The summed E-state index contributed by atoms with van der Waals surface area (Å²) in [6, 6.07) is 23.3. The Morgan fingerprint density at radius 3 is 2.22 bits per heavy atom. The van der Waals surface area contributed by atoms with Crippen LogP contribution in [0.4, 0.5) is 0 Å². The van der Waals surface area contributed by atoms with E-state index in [-0.39, 0.29) is 0 Å². The Labute approximate surface area is 162 Å². The molecule has 0 aliphatic heterocycles. The molecular weight excluding hydrogens is 356 g/mol. The molecule has 0 aliphatic carbocycles. The standard InChI is InChI=1S/C23H15ClN2O/c1-27-23-20-4-2-3-19(16-7-5-15(13-25)6-8-16)22(20)26-14-21(23)17-9-11-18(24)12-10-17/h2-12,14H,1H3. The summed E-state index contributed by atoms with van der Waals surface area (Å²) in [6.45, 7) is 0. The SMILES string of the molecule is COc1c(-c2ccc(Cl)cc2)cnc2c(-c3ccc(C#N)cc3)cccc12. The van der Waals surface area contributed by atoms with Crippen LogP contribution in [0.15, 0.2) is 72.9 Å². The molecule has 0 radical (unpaired) electrons. The number of hydrogen-bond donors (Lipinski definition) is 0. The van der Waals surface area contributed by atoms with Crippen molar-refractivity contribution in [2.24, 2.45) is 0 Å². The predicted octanol–water partition coefficient (Wildman–Crippen LogP) is 6.10. The van der Waals surface area contributed by atoms with Crippen molar-refractivity contribution in [2.75, 3.05) is 7.11 Å². The minimum Gasteiger partial charge on any atom is -0.495 e. The van der Waals surface area contributed by atoms with E-state index in [0.29, 0.717) is 10.6 Å². The van der Waals surface area contributed by atoms with Gasteiger partial charge in [0.05, 0.1) is 24.3 Å². The van der Waals surface area contributed by atoms with E-state index in [0.717, 1.165) is 38.9 Å². The Morgan fingerprint density at radius 1 is 0.889 bits per heavy atom. The number of methoxy groups -OCH3 is 1. The molecule has 0 fully saturated rings.